The first-order valence-corrected chi connectivity index (χ1v) is 8.78. The van der Waals surface area contributed by atoms with Gasteiger partial charge in [-0.15, -0.1) is 0 Å². The highest BCUT2D eigenvalue weighted by Gasteiger charge is 2.17. The van der Waals surface area contributed by atoms with Crippen molar-refractivity contribution < 1.29 is 8.42 Å². The molecule has 0 aliphatic heterocycles. The van der Waals surface area contributed by atoms with Gasteiger partial charge in [-0.2, -0.15) is 0 Å². The lowest BCUT2D eigenvalue weighted by atomic mass is 10.6. The summed E-state index contributed by atoms with van der Waals surface area (Å²) in [5, 5.41) is 0.119. The highest BCUT2D eigenvalue weighted by atomic mass is 35.7. The first-order chi connectivity index (χ1) is 9.48. The fourth-order valence-electron chi connectivity index (χ4n) is 1.17. The Kier molecular flexibility index (Phi) is 8.45. The van der Waals surface area contributed by atoms with Crippen molar-refractivity contribution in [1.29, 1.82) is 0 Å². The van der Waals surface area contributed by atoms with Gasteiger partial charge >= 0.3 is 0 Å². The minimum atomic E-state index is -3.84. The number of hydrogen-bond acceptors (Lipinski definition) is 4. The SMILES string of the molecule is CC.CC.O=S(=O)(Cl)c1cccn1-c1nccc(Cl)n1. The summed E-state index contributed by atoms with van der Waals surface area (Å²) in [4.78, 5) is 7.78. The Morgan fingerprint density at radius 3 is 2.25 bits per heavy atom. The van der Waals surface area contributed by atoms with Gasteiger partial charge in [0.05, 0.1) is 0 Å². The van der Waals surface area contributed by atoms with Crippen molar-refractivity contribution in [3.05, 3.63) is 35.7 Å². The highest BCUT2D eigenvalue weighted by molar-refractivity contribution is 8.13. The summed E-state index contributed by atoms with van der Waals surface area (Å²) in [5.41, 5.74) is 0. The topological polar surface area (TPSA) is 64.8 Å². The zero-order valence-electron chi connectivity index (χ0n) is 11.7. The van der Waals surface area contributed by atoms with Crippen LogP contribution in [0.15, 0.2) is 35.6 Å². The first kappa shape index (κ1) is 18.9. The van der Waals surface area contributed by atoms with E-state index in [1.54, 1.807) is 0 Å². The molecule has 0 fully saturated rings. The summed E-state index contributed by atoms with van der Waals surface area (Å²) < 4.78 is 23.7. The zero-order chi connectivity index (χ0) is 15.8. The third-order valence-electron chi connectivity index (χ3n) is 1.79. The fraction of sp³-hybridized carbons (Fsp3) is 0.333. The van der Waals surface area contributed by atoms with Gasteiger partial charge in [0.1, 0.15) is 5.15 Å². The Morgan fingerprint density at radius 2 is 1.75 bits per heavy atom. The number of rotatable bonds is 2. The molecule has 0 radical (unpaired) electrons. The Bertz CT molecular complexity index is 627. The lowest BCUT2D eigenvalue weighted by Crippen LogP contribution is -2.05. The molecule has 5 nitrogen and oxygen atoms in total. The van der Waals surface area contributed by atoms with Crippen LogP contribution in [0.25, 0.3) is 5.95 Å². The van der Waals surface area contributed by atoms with E-state index in [-0.39, 0.29) is 16.1 Å². The molecule has 2 aromatic rings. The second-order valence-corrected chi connectivity index (χ2v) is 5.73. The summed E-state index contributed by atoms with van der Waals surface area (Å²) in [6, 6.07) is 4.37. The summed E-state index contributed by atoms with van der Waals surface area (Å²) in [5.74, 6) is 0.150. The first-order valence-electron chi connectivity index (χ1n) is 6.09. The van der Waals surface area contributed by atoms with Crippen molar-refractivity contribution in [3.8, 4) is 5.95 Å². The quantitative estimate of drug-likeness (QED) is 0.615. The van der Waals surface area contributed by atoms with Crippen LogP contribution >= 0.6 is 22.3 Å². The van der Waals surface area contributed by atoms with Gasteiger partial charge in [0.15, 0.2) is 5.03 Å². The predicted molar refractivity (Wildman–Crippen MR) is 82.1 cm³/mol. The second kappa shape index (κ2) is 8.94. The smallest absolute Gasteiger partial charge is 0.275 e. The number of hydrogen-bond donors (Lipinski definition) is 0. The van der Waals surface area contributed by atoms with Gasteiger partial charge in [-0.05, 0) is 18.2 Å². The zero-order valence-corrected chi connectivity index (χ0v) is 14.0. The molecule has 8 heteroatoms. The van der Waals surface area contributed by atoms with Gasteiger partial charge in [0.25, 0.3) is 9.05 Å². The molecule has 0 aromatic carbocycles. The monoisotopic (exact) mass is 337 g/mol. The summed E-state index contributed by atoms with van der Waals surface area (Å²) in [6.07, 6.45) is 2.91. The van der Waals surface area contributed by atoms with Gasteiger partial charge in [0.2, 0.25) is 5.95 Å². The molecule has 2 rings (SSSR count). The van der Waals surface area contributed by atoms with Gasteiger partial charge in [0, 0.05) is 23.1 Å². The third-order valence-corrected chi connectivity index (χ3v) is 3.30. The molecule has 2 aromatic heterocycles. The van der Waals surface area contributed by atoms with Crippen molar-refractivity contribution in [2.75, 3.05) is 0 Å². The molecule has 2 heterocycles. The Labute approximate surface area is 129 Å². The largest absolute Gasteiger partial charge is 0.277 e. The normalized spacial score (nSPS) is 9.90. The van der Waals surface area contributed by atoms with Gasteiger partial charge in [-0.1, -0.05) is 39.3 Å². The van der Waals surface area contributed by atoms with E-state index in [1.165, 1.54) is 35.2 Å². The summed E-state index contributed by atoms with van der Waals surface area (Å²) in [6.45, 7) is 8.00. The molecule has 112 valence electrons. The summed E-state index contributed by atoms with van der Waals surface area (Å²) in [7, 11) is 1.42. The van der Waals surface area contributed by atoms with E-state index in [0.717, 1.165) is 0 Å². The van der Waals surface area contributed by atoms with Gasteiger partial charge < -0.3 is 0 Å². The van der Waals surface area contributed by atoms with Crippen molar-refractivity contribution in [2.24, 2.45) is 0 Å². The maximum Gasteiger partial charge on any atom is 0.277 e. The second-order valence-electron chi connectivity index (χ2n) is 2.83. The van der Waals surface area contributed by atoms with E-state index in [2.05, 4.69) is 9.97 Å². The van der Waals surface area contributed by atoms with Crippen LogP contribution in [-0.2, 0) is 9.05 Å². The molecule has 0 unspecified atom stereocenters. The van der Waals surface area contributed by atoms with Crippen LogP contribution < -0.4 is 0 Å². The molecular weight excluding hydrogens is 321 g/mol. The lowest BCUT2D eigenvalue weighted by Gasteiger charge is -2.04. The average molecular weight is 338 g/mol. The third kappa shape index (κ3) is 5.11. The fourth-order valence-corrected chi connectivity index (χ4v) is 2.30. The molecule has 0 amide bonds. The van der Waals surface area contributed by atoms with Crippen LogP contribution in [0.3, 0.4) is 0 Å². The maximum atomic E-state index is 11.2. The number of halogens is 2. The van der Waals surface area contributed by atoms with E-state index in [1.807, 2.05) is 27.7 Å². The molecule has 20 heavy (non-hydrogen) atoms. The van der Waals surface area contributed by atoms with Crippen molar-refractivity contribution in [2.45, 2.75) is 32.7 Å². The lowest BCUT2D eigenvalue weighted by molar-refractivity contribution is 0.602. The molecule has 0 aliphatic rings. The molecular formula is C12H17Cl2N3O2S. The standard InChI is InChI=1S/C8H5Cl2N3O2S.2C2H6/c9-6-3-4-11-8(12-6)13-5-1-2-7(13)16(10,14)15;2*1-2/h1-5H;2*1-2H3. The summed E-state index contributed by atoms with van der Waals surface area (Å²) >= 11 is 5.68. The molecule has 0 bridgehead atoms. The van der Waals surface area contributed by atoms with Crippen molar-refractivity contribution in [1.82, 2.24) is 14.5 Å². The Balaban J connectivity index is 0.000000829. The van der Waals surface area contributed by atoms with Crippen LogP contribution in [0.5, 0.6) is 0 Å². The highest BCUT2D eigenvalue weighted by Crippen LogP contribution is 2.18. The average Bonchev–Trinajstić information content (AvgIpc) is 2.93. The van der Waals surface area contributed by atoms with Crippen LogP contribution in [0.1, 0.15) is 27.7 Å². The number of aromatic nitrogens is 3. The van der Waals surface area contributed by atoms with E-state index in [0.29, 0.717) is 0 Å². The van der Waals surface area contributed by atoms with Crippen LogP contribution in [-0.4, -0.2) is 23.0 Å². The Hall–Kier alpha value is -1.11. The Morgan fingerprint density at radius 1 is 1.15 bits per heavy atom. The molecule has 0 N–H and O–H groups in total. The number of nitrogens with zero attached hydrogens (tertiary/aromatic N) is 3. The molecule has 0 aliphatic carbocycles. The molecule has 0 saturated heterocycles. The van der Waals surface area contributed by atoms with Crippen molar-refractivity contribution in [3.63, 3.8) is 0 Å². The molecule has 0 spiro atoms. The van der Waals surface area contributed by atoms with Crippen LogP contribution in [0.2, 0.25) is 5.15 Å². The maximum absolute atomic E-state index is 11.2. The van der Waals surface area contributed by atoms with E-state index >= 15 is 0 Å². The predicted octanol–water partition coefficient (Wildman–Crippen LogP) is 3.90. The molecule has 0 saturated carbocycles. The van der Waals surface area contributed by atoms with Gasteiger partial charge in [-0.3, -0.25) is 4.57 Å². The van der Waals surface area contributed by atoms with Crippen LogP contribution in [0, 0.1) is 0 Å². The minimum absolute atomic E-state index is 0.101. The van der Waals surface area contributed by atoms with E-state index < -0.39 is 9.05 Å². The van der Waals surface area contributed by atoms with Gasteiger partial charge in [-0.25, -0.2) is 18.4 Å². The van der Waals surface area contributed by atoms with Crippen molar-refractivity contribution >= 4 is 31.3 Å². The van der Waals surface area contributed by atoms with E-state index in [9.17, 15) is 8.42 Å². The molecule has 0 atom stereocenters. The van der Waals surface area contributed by atoms with Crippen LogP contribution in [0.4, 0.5) is 0 Å². The minimum Gasteiger partial charge on any atom is -0.275 e. The van der Waals surface area contributed by atoms with E-state index in [4.69, 9.17) is 22.3 Å².